The highest BCUT2D eigenvalue weighted by atomic mass is 19.4. The standard InChI is InChI=1S/C19H18F5N5O2/c1-28-17-11(7-25-18(26-17)29-5-3-4-9(8-29)31-2)15(27-28)10-6-12(19(22,23)24)14(21)16(30)13(10)20/h6-7,9,30H,3-5,8H2,1-2H3. The van der Waals surface area contributed by atoms with E-state index in [-0.39, 0.29) is 28.9 Å². The normalized spacial score (nSPS) is 17.5. The van der Waals surface area contributed by atoms with Crippen LogP contribution in [0.3, 0.4) is 0 Å². The minimum atomic E-state index is -5.13. The van der Waals surface area contributed by atoms with Crippen LogP contribution in [0, 0.1) is 11.6 Å². The SMILES string of the molecule is COC1CCCN(c2ncc3c(-c4cc(C(F)(F)F)c(F)c(O)c4F)nn(C)c3n2)C1. The van der Waals surface area contributed by atoms with Gasteiger partial charge in [0.05, 0.1) is 17.1 Å². The lowest BCUT2D eigenvalue weighted by atomic mass is 10.0. The van der Waals surface area contributed by atoms with Crippen LogP contribution in [-0.4, -0.2) is 51.2 Å². The lowest BCUT2D eigenvalue weighted by Gasteiger charge is -2.31. The lowest BCUT2D eigenvalue weighted by Crippen LogP contribution is -2.40. The molecule has 12 heteroatoms. The Morgan fingerprint density at radius 3 is 2.65 bits per heavy atom. The Labute approximate surface area is 173 Å². The number of hydrogen-bond donors (Lipinski definition) is 1. The first kappa shape index (κ1) is 21.2. The number of halogens is 5. The van der Waals surface area contributed by atoms with Crippen molar-refractivity contribution < 1.29 is 31.8 Å². The fraction of sp³-hybridized carbons (Fsp3) is 0.421. The lowest BCUT2D eigenvalue weighted by molar-refractivity contribution is -0.140. The van der Waals surface area contributed by atoms with Crippen LogP contribution in [0.4, 0.5) is 27.9 Å². The van der Waals surface area contributed by atoms with Crippen LogP contribution < -0.4 is 4.90 Å². The van der Waals surface area contributed by atoms with Crippen LogP contribution in [0.2, 0.25) is 0 Å². The number of aryl methyl sites for hydroxylation is 1. The fourth-order valence-corrected chi connectivity index (χ4v) is 3.69. The van der Waals surface area contributed by atoms with E-state index in [1.807, 2.05) is 4.90 Å². The van der Waals surface area contributed by atoms with Crippen molar-refractivity contribution in [1.29, 1.82) is 0 Å². The maximum Gasteiger partial charge on any atom is 0.419 e. The molecule has 31 heavy (non-hydrogen) atoms. The first-order chi connectivity index (χ1) is 14.6. The molecule has 1 aliphatic rings. The highest BCUT2D eigenvalue weighted by Crippen LogP contribution is 2.41. The van der Waals surface area contributed by atoms with Gasteiger partial charge in [-0.15, -0.1) is 0 Å². The molecule has 0 saturated carbocycles. The van der Waals surface area contributed by atoms with Crippen molar-refractivity contribution in [3.8, 4) is 17.0 Å². The topological polar surface area (TPSA) is 76.3 Å². The van der Waals surface area contributed by atoms with Crippen molar-refractivity contribution in [2.75, 3.05) is 25.1 Å². The van der Waals surface area contributed by atoms with Crippen molar-refractivity contribution in [1.82, 2.24) is 19.7 Å². The molecular formula is C19H18F5N5O2. The minimum Gasteiger partial charge on any atom is -0.503 e. The van der Waals surface area contributed by atoms with Crippen molar-refractivity contribution in [3.63, 3.8) is 0 Å². The number of hydrogen-bond acceptors (Lipinski definition) is 6. The summed E-state index contributed by atoms with van der Waals surface area (Å²) in [7, 11) is 3.11. The van der Waals surface area contributed by atoms with Crippen molar-refractivity contribution >= 4 is 17.0 Å². The number of phenolic OH excluding ortho intramolecular Hbond substituents is 1. The maximum absolute atomic E-state index is 14.5. The van der Waals surface area contributed by atoms with Gasteiger partial charge in [0.2, 0.25) is 5.95 Å². The molecule has 1 N–H and O–H groups in total. The van der Waals surface area contributed by atoms with Gasteiger partial charge in [-0.2, -0.15) is 23.3 Å². The van der Waals surface area contributed by atoms with E-state index in [1.54, 1.807) is 7.11 Å². The van der Waals surface area contributed by atoms with E-state index in [4.69, 9.17) is 4.74 Å². The first-order valence-electron chi connectivity index (χ1n) is 9.37. The molecule has 1 atom stereocenters. The number of fused-ring (bicyclic) bond motifs is 1. The third kappa shape index (κ3) is 3.64. The second kappa shape index (κ2) is 7.59. The molecule has 1 aromatic carbocycles. The molecule has 7 nitrogen and oxygen atoms in total. The van der Waals surface area contributed by atoms with E-state index in [0.717, 1.165) is 12.8 Å². The molecule has 166 valence electrons. The quantitative estimate of drug-likeness (QED) is 0.623. The summed E-state index contributed by atoms with van der Waals surface area (Å²) in [6.45, 7) is 1.27. The van der Waals surface area contributed by atoms with Gasteiger partial charge in [-0.3, -0.25) is 0 Å². The Hall–Kier alpha value is -3.02. The van der Waals surface area contributed by atoms with E-state index in [1.165, 1.54) is 17.9 Å². The second-order valence-corrected chi connectivity index (χ2v) is 7.27. The summed E-state index contributed by atoms with van der Waals surface area (Å²) < 4.78 is 74.5. The summed E-state index contributed by atoms with van der Waals surface area (Å²) in [4.78, 5) is 10.6. The Morgan fingerprint density at radius 1 is 1.23 bits per heavy atom. The first-order valence-corrected chi connectivity index (χ1v) is 9.37. The number of alkyl halides is 3. The highest BCUT2D eigenvalue weighted by molar-refractivity contribution is 5.91. The van der Waals surface area contributed by atoms with E-state index in [0.29, 0.717) is 19.0 Å². The molecule has 0 spiro atoms. The van der Waals surface area contributed by atoms with E-state index in [2.05, 4.69) is 15.1 Å². The number of aromatic nitrogens is 4. The number of piperidine rings is 1. The Bertz CT molecular complexity index is 1150. The zero-order valence-electron chi connectivity index (χ0n) is 16.5. The summed E-state index contributed by atoms with van der Waals surface area (Å²) >= 11 is 0. The number of anilines is 1. The van der Waals surface area contributed by atoms with Crippen LogP contribution in [0.25, 0.3) is 22.3 Å². The molecule has 0 bridgehead atoms. The van der Waals surface area contributed by atoms with Crippen LogP contribution >= 0.6 is 0 Å². The van der Waals surface area contributed by atoms with Gasteiger partial charge in [-0.1, -0.05) is 0 Å². The molecule has 0 amide bonds. The fourth-order valence-electron chi connectivity index (χ4n) is 3.69. The highest BCUT2D eigenvalue weighted by Gasteiger charge is 2.38. The Kier molecular flexibility index (Phi) is 5.20. The van der Waals surface area contributed by atoms with Crippen molar-refractivity contribution in [2.24, 2.45) is 7.05 Å². The van der Waals surface area contributed by atoms with Gasteiger partial charge in [0.25, 0.3) is 0 Å². The van der Waals surface area contributed by atoms with E-state index >= 15 is 0 Å². The summed E-state index contributed by atoms with van der Waals surface area (Å²) in [5.74, 6) is -4.97. The van der Waals surface area contributed by atoms with Crippen molar-refractivity contribution in [3.05, 3.63) is 29.5 Å². The van der Waals surface area contributed by atoms with E-state index < -0.39 is 34.7 Å². The molecule has 3 aromatic rings. The number of rotatable bonds is 3. The van der Waals surface area contributed by atoms with Gasteiger partial charge in [0.15, 0.2) is 23.0 Å². The summed E-state index contributed by atoms with van der Waals surface area (Å²) in [5, 5.41) is 13.8. The van der Waals surface area contributed by atoms with Gasteiger partial charge >= 0.3 is 6.18 Å². The molecule has 1 unspecified atom stereocenters. The average molecular weight is 443 g/mol. The molecule has 2 aromatic heterocycles. The number of benzene rings is 1. The third-order valence-electron chi connectivity index (χ3n) is 5.30. The summed E-state index contributed by atoms with van der Waals surface area (Å²) in [6, 6.07) is 0.286. The van der Waals surface area contributed by atoms with Crippen LogP contribution in [-0.2, 0) is 18.0 Å². The summed E-state index contributed by atoms with van der Waals surface area (Å²) in [5.41, 5.74) is -2.49. The second-order valence-electron chi connectivity index (χ2n) is 7.27. The van der Waals surface area contributed by atoms with Gasteiger partial charge in [-0.25, -0.2) is 18.4 Å². The van der Waals surface area contributed by atoms with E-state index in [9.17, 15) is 27.1 Å². The maximum atomic E-state index is 14.5. The predicted molar refractivity (Wildman–Crippen MR) is 101 cm³/mol. The van der Waals surface area contributed by atoms with Crippen molar-refractivity contribution in [2.45, 2.75) is 25.1 Å². The number of phenols is 1. The molecule has 3 heterocycles. The third-order valence-corrected chi connectivity index (χ3v) is 5.30. The molecule has 1 aliphatic heterocycles. The summed E-state index contributed by atoms with van der Waals surface area (Å²) in [6.07, 6.45) is -2.02. The molecule has 1 fully saturated rings. The zero-order valence-corrected chi connectivity index (χ0v) is 16.5. The predicted octanol–water partition coefficient (Wildman–Crippen LogP) is 3.65. The number of nitrogens with zero attached hydrogens (tertiary/aromatic N) is 5. The van der Waals surface area contributed by atoms with Gasteiger partial charge in [0.1, 0.15) is 5.69 Å². The van der Waals surface area contributed by atoms with Crippen LogP contribution in [0.1, 0.15) is 18.4 Å². The average Bonchev–Trinajstić information content (AvgIpc) is 3.07. The Morgan fingerprint density at radius 2 is 1.97 bits per heavy atom. The smallest absolute Gasteiger partial charge is 0.419 e. The van der Waals surface area contributed by atoms with Crippen LogP contribution in [0.15, 0.2) is 12.3 Å². The van der Waals surface area contributed by atoms with Gasteiger partial charge in [-0.05, 0) is 18.9 Å². The Balaban J connectivity index is 1.83. The molecule has 4 rings (SSSR count). The number of aromatic hydroxyl groups is 1. The number of ether oxygens (including phenoxy) is 1. The van der Waals surface area contributed by atoms with Gasteiger partial charge < -0.3 is 14.7 Å². The molecule has 0 aliphatic carbocycles. The monoisotopic (exact) mass is 443 g/mol. The largest absolute Gasteiger partial charge is 0.503 e. The molecule has 0 radical (unpaired) electrons. The number of methoxy groups -OCH3 is 1. The van der Waals surface area contributed by atoms with Crippen LogP contribution in [0.5, 0.6) is 5.75 Å². The van der Waals surface area contributed by atoms with Gasteiger partial charge in [0, 0.05) is 39.0 Å². The minimum absolute atomic E-state index is 0.0206. The molecule has 1 saturated heterocycles. The zero-order chi connectivity index (χ0) is 22.5. The molecular weight excluding hydrogens is 425 g/mol.